The highest BCUT2D eigenvalue weighted by Gasteiger charge is 2.48. The van der Waals surface area contributed by atoms with Crippen LogP contribution in [0.2, 0.25) is 0 Å². The molecule has 92 valence electrons. The molecule has 0 amide bonds. The van der Waals surface area contributed by atoms with Crippen LogP contribution in [0, 0.1) is 5.41 Å². The van der Waals surface area contributed by atoms with Crippen LogP contribution in [0.25, 0.3) is 0 Å². The topological polar surface area (TPSA) is 51.0 Å². The lowest BCUT2D eigenvalue weighted by molar-refractivity contribution is 0.241. The van der Waals surface area contributed by atoms with Gasteiger partial charge in [-0.15, -0.1) is 0 Å². The average Bonchev–Trinajstić information content (AvgIpc) is 2.83. The fourth-order valence-electron chi connectivity index (χ4n) is 3.65. The molecule has 0 aromatic carbocycles. The normalized spacial score (nSPS) is 31.4. The van der Waals surface area contributed by atoms with E-state index < -0.39 is 0 Å². The van der Waals surface area contributed by atoms with E-state index >= 15 is 0 Å². The summed E-state index contributed by atoms with van der Waals surface area (Å²) in [6.45, 7) is 2.16. The van der Waals surface area contributed by atoms with Gasteiger partial charge in [0.1, 0.15) is 0 Å². The van der Waals surface area contributed by atoms with Gasteiger partial charge in [-0.05, 0) is 31.1 Å². The zero-order valence-electron chi connectivity index (χ0n) is 10.1. The fraction of sp³-hybridized carbons (Fsp3) is 0.846. The lowest BCUT2D eigenvalue weighted by Gasteiger charge is -2.27. The van der Waals surface area contributed by atoms with Gasteiger partial charge in [-0.2, -0.15) is 4.98 Å². The Balaban J connectivity index is 1.63. The van der Waals surface area contributed by atoms with Crippen LogP contribution in [0.1, 0.15) is 62.1 Å². The van der Waals surface area contributed by atoms with Gasteiger partial charge in [-0.1, -0.05) is 18.0 Å². The molecule has 2 heterocycles. The molecule has 2 aliphatic carbocycles. The molecule has 1 aromatic rings. The third kappa shape index (κ3) is 1.53. The third-order valence-electron chi connectivity index (χ3n) is 4.86. The molecule has 3 aliphatic rings. The van der Waals surface area contributed by atoms with Crippen LogP contribution < -0.4 is 5.32 Å². The second-order valence-corrected chi connectivity index (χ2v) is 6.02. The van der Waals surface area contributed by atoms with Gasteiger partial charge < -0.3 is 9.84 Å². The lowest BCUT2D eigenvalue weighted by atomic mass is 9.76. The van der Waals surface area contributed by atoms with Gasteiger partial charge in [0.2, 0.25) is 5.89 Å². The van der Waals surface area contributed by atoms with Crippen molar-refractivity contribution in [1.29, 1.82) is 0 Å². The number of rotatable bonds is 2. The minimum Gasteiger partial charge on any atom is -0.339 e. The van der Waals surface area contributed by atoms with Crippen molar-refractivity contribution in [2.75, 3.05) is 13.1 Å². The fourth-order valence-corrected chi connectivity index (χ4v) is 3.65. The molecule has 0 unspecified atom stereocenters. The van der Waals surface area contributed by atoms with Crippen LogP contribution in [-0.4, -0.2) is 23.2 Å². The predicted octanol–water partition coefficient (Wildman–Crippen LogP) is 2.19. The van der Waals surface area contributed by atoms with E-state index in [4.69, 9.17) is 4.52 Å². The van der Waals surface area contributed by atoms with E-state index in [1.54, 1.807) is 0 Å². The number of hydrogen-bond donors (Lipinski definition) is 1. The molecule has 4 nitrogen and oxygen atoms in total. The summed E-state index contributed by atoms with van der Waals surface area (Å²) in [6, 6.07) is 0. The highest BCUT2D eigenvalue weighted by Crippen LogP contribution is 2.50. The Morgan fingerprint density at radius 3 is 2.82 bits per heavy atom. The first kappa shape index (κ1) is 10.1. The number of hydrogen-bond acceptors (Lipinski definition) is 4. The van der Waals surface area contributed by atoms with E-state index in [-0.39, 0.29) is 0 Å². The monoisotopic (exact) mass is 233 g/mol. The van der Waals surface area contributed by atoms with Crippen LogP contribution in [0.3, 0.4) is 0 Å². The molecular formula is C13H19N3O. The molecule has 3 fully saturated rings. The Hall–Kier alpha value is -0.900. The van der Waals surface area contributed by atoms with E-state index in [9.17, 15) is 0 Å². The molecule has 4 rings (SSSR count). The number of nitrogens with one attached hydrogen (secondary N) is 1. The first-order valence-electron chi connectivity index (χ1n) is 6.92. The summed E-state index contributed by atoms with van der Waals surface area (Å²) < 4.78 is 5.54. The van der Waals surface area contributed by atoms with Crippen LogP contribution >= 0.6 is 0 Å². The van der Waals surface area contributed by atoms with Gasteiger partial charge in [-0.3, -0.25) is 0 Å². The Bertz CT molecular complexity index is 413. The zero-order chi connectivity index (χ0) is 11.3. The van der Waals surface area contributed by atoms with Gasteiger partial charge in [0.25, 0.3) is 0 Å². The van der Waals surface area contributed by atoms with Crippen molar-refractivity contribution in [3.63, 3.8) is 0 Å². The first-order valence-corrected chi connectivity index (χ1v) is 6.92. The van der Waals surface area contributed by atoms with Crippen molar-refractivity contribution in [1.82, 2.24) is 15.5 Å². The molecule has 1 atom stereocenters. The van der Waals surface area contributed by atoms with Crippen LogP contribution in [0.15, 0.2) is 4.52 Å². The van der Waals surface area contributed by atoms with Crippen LogP contribution in [-0.2, 0) is 0 Å². The van der Waals surface area contributed by atoms with E-state index in [2.05, 4.69) is 15.5 Å². The summed E-state index contributed by atoms with van der Waals surface area (Å²) in [7, 11) is 0. The number of nitrogens with zero attached hydrogens (tertiary/aromatic N) is 2. The van der Waals surface area contributed by atoms with Crippen molar-refractivity contribution in [2.45, 2.75) is 50.4 Å². The van der Waals surface area contributed by atoms with Crippen molar-refractivity contribution in [3.8, 4) is 0 Å². The first-order chi connectivity index (χ1) is 8.37. The molecule has 1 spiro atoms. The molecular weight excluding hydrogens is 214 g/mol. The molecule has 1 aromatic heterocycles. The third-order valence-corrected chi connectivity index (χ3v) is 4.86. The van der Waals surface area contributed by atoms with E-state index in [0.29, 0.717) is 17.3 Å². The molecule has 1 saturated heterocycles. The maximum atomic E-state index is 5.54. The second-order valence-electron chi connectivity index (χ2n) is 6.02. The maximum absolute atomic E-state index is 5.54. The van der Waals surface area contributed by atoms with Crippen molar-refractivity contribution >= 4 is 0 Å². The van der Waals surface area contributed by atoms with E-state index in [0.717, 1.165) is 24.8 Å². The van der Waals surface area contributed by atoms with Gasteiger partial charge in [-0.25, -0.2) is 0 Å². The van der Waals surface area contributed by atoms with E-state index in [1.807, 2.05) is 0 Å². The molecule has 1 aliphatic heterocycles. The van der Waals surface area contributed by atoms with Gasteiger partial charge in [0.15, 0.2) is 5.82 Å². The summed E-state index contributed by atoms with van der Waals surface area (Å²) in [5, 5.41) is 7.69. The van der Waals surface area contributed by atoms with Crippen molar-refractivity contribution in [3.05, 3.63) is 11.7 Å². The van der Waals surface area contributed by atoms with Crippen LogP contribution in [0.4, 0.5) is 0 Å². The van der Waals surface area contributed by atoms with Gasteiger partial charge in [0.05, 0.1) is 5.92 Å². The Kier molecular flexibility index (Phi) is 2.10. The van der Waals surface area contributed by atoms with Crippen molar-refractivity contribution < 1.29 is 4.52 Å². The zero-order valence-corrected chi connectivity index (χ0v) is 10.1. The Labute approximate surface area is 101 Å². The smallest absolute Gasteiger partial charge is 0.231 e. The SMILES string of the molecule is C1CCC2(C1)CNC[C@@H]2c1nc(C2CC2)no1. The predicted molar refractivity (Wildman–Crippen MR) is 62.8 cm³/mol. The minimum absolute atomic E-state index is 0.424. The molecule has 17 heavy (non-hydrogen) atoms. The molecule has 0 radical (unpaired) electrons. The standard InChI is InChI=1S/C13H19N3O/c1-2-6-13(5-1)8-14-7-10(13)12-15-11(16-17-12)9-3-4-9/h9-10,14H,1-8H2/t10-/m1/s1. The Morgan fingerprint density at radius 1 is 1.24 bits per heavy atom. The summed E-state index contributed by atoms with van der Waals surface area (Å²) in [4.78, 5) is 4.66. The molecule has 2 saturated carbocycles. The van der Waals surface area contributed by atoms with Crippen LogP contribution in [0.5, 0.6) is 0 Å². The highest BCUT2D eigenvalue weighted by atomic mass is 16.5. The lowest BCUT2D eigenvalue weighted by Crippen LogP contribution is -2.25. The molecule has 4 heteroatoms. The average molecular weight is 233 g/mol. The van der Waals surface area contributed by atoms with Crippen molar-refractivity contribution in [2.24, 2.45) is 5.41 Å². The minimum atomic E-state index is 0.424. The summed E-state index contributed by atoms with van der Waals surface area (Å²) in [5.74, 6) is 2.92. The number of aromatic nitrogens is 2. The quantitative estimate of drug-likeness (QED) is 0.850. The molecule has 1 N–H and O–H groups in total. The highest BCUT2D eigenvalue weighted by molar-refractivity contribution is 5.13. The van der Waals surface area contributed by atoms with Gasteiger partial charge >= 0.3 is 0 Å². The summed E-state index contributed by atoms with van der Waals surface area (Å²) in [6.07, 6.45) is 7.86. The van der Waals surface area contributed by atoms with E-state index in [1.165, 1.54) is 38.5 Å². The summed E-state index contributed by atoms with van der Waals surface area (Å²) in [5.41, 5.74) is 0.424. The maximum Gasteiger partial charge on any atom is 0.231 e. The van der Waals surface area contributed by atoms with Gasteiger partial charge in [0, 0.05) is 19.0 Å². The second kappa shape index (κ2) is 3.55. The Morgan fingerprint density at radius 2 is 2.06 bits per heavy atom. The summed E-state index contributed by atoms with van der Waals surface area (Å²) >= 11 is 0. The molecule has 0 bridgehead atoms. The largest absolute Gasteiger partial charge is 0.339 e.